The lowest BCUT2D eigenvalue weighted by Crippen LogP contribution is -2.34. The van der Waals surface area contributed by atoms with Crippen LogP contribution in [0.1, 0.15) is 31.1 Å². The van der Waals surface area contributed by atoms with E-state index in [2.05, 4.69) is 45.1 Å². The third-order valence-corrected chi connectivity index (χ3v) is 7.05. The highest BCUT2D eigenvalue weighted by Gasteiger charge is 2.15. The zero-order chi connectivity index (χ0) is 27.0. The highest BCUT2D eigenvalue weighted by molar-refractivity contribution is 9.10. The maximum absolute atomic E-state index is 12.7. The van der Waals surface area contributed by atoms with Crippen LogP contribution >= 0.6 is 28.1 Å². The van der Waals surface area contributed by atoms with Gasteiger partial charge in [0.05, 0.1) is 22.6 Å². The van der Waals surface area contributed by atoms with Gasteiger partial charge in [-0.15, -0.1) is 0 Å². The van der Waals surface area contributed by atoms with E-state index < -0.39 is 15.9 Å². The Hall–Kier alpha value is -3.15. The van der Waals surface area contributed by atoms with Crippen molar-refractivity contribution < 1.29 is 22.7 Å². The SMILES string of the molecule is CCOc1ccc(NS(=O)(=O)c2ccc(NC(=S)NC(=O)c3ccc(OCC(C)C)c(Br)c3)cc2)cc1. The second kappa shape index (κ2) is 12.9. The molecule has 0 radical (unpaired) electrons. The standard InChI is InChI=1S/C26H28BrN3O5S2/c1-4-34-21-10-6-20(7-11-21)30-37(32,33)22-12-8-19(9-13-22)28-26(36)29-25(31)18-5-14-24(23(27)15-18)35-16-17(2)3/h5-15,17,30H,4,16H2,1-3H3,(H2,28,29,31,36). The van der Waals surface area contributed by atoms with Crippen LogP contribution in [0.25, 0.3) is 0 Å². The molecule has 0 aliphatic rings. The predicted molar refractivity (Wildman–Crippen MR) is 153 cm³/mol. The lowest BCUT2D eigenvalue weighted by Gasteiger charge is -2.13. The van der Waals surface area contributed by atoms with Gasteiger partial charge < -0.3 is 14.8 Å². The number of carbonyl (C=O) groups excluding carboxylic acids is 1. The number of rotatable bonds is 10. The van der Waals surface area contributed by atoms with Crippen molar-refractivity contribution in [2.45, 2.75) is 25.7 Å². The summed E-state index contributed by atoms with van der Waals surface area (Å²) in [7, 11) is -3.79. The quantitative estimate of drug-likeness (QED) is 0.250. The molecule has 0 saturated heterocycles. The van der Waals surface area contributed by atoms with Crippen molar-refractivity contribution >= 4 is 60.6 Å². The minimum Gasteiger partial charge on any atom is -0.494 e. The van der Waals surface area contributed by atoms with Crippen LogP contribution in [0, 0.1) is 5.92 Å². The predicted octanol–water partition coefficient (Wildman–Crippen LogP) is 5.81. The number of hydrogen-bond donors (Lipinski definition) is 3. The Bertz CT molecular complexity index is 1350. The number of sulfonamides is 1. The molecule has 0 bridgehead atoms. The first-order valence-electron chi connectivity index (χ1n) is 11.5. The number of anilines is 2. The summed E-state index contributed by atoms with van der Waals surface area (Å²) in [6, 6.07) is 17.7. The van der Waals surface area contributed by atoms with Gasteiger partial charge in [-0.2, -0.15) is 0 Å². The molecule has 8 nitrogen and oxygen atoms in total. The molecule has 11 heteroatoms. The van der Waals surface area contributed by atoms with E-state index in [9.17, 15) is 13.2 Å². The van der Waals surface area contributed by atoms with Crippen molar-refractivity contribution in [1.29, 1.82) is 0 Å². The van der Waals surface area contributed by atoms with E-state index in [4.69, 9.17) is 21.7 Å². The van der Waals surface area contributed by atoms with Gasteiger partial charge in [-0.25, -0.2) is 8.42 Å². The molecule has 3 aromatic carbocycles. The van der Waals surface area contributed by atoms with Gasteiger partial charge in [0.2, 0.25) is 0 Å². The minimum atomic E-state index is -3.79. The highest BCUT2D eigenvalue weighted by Crippen LogP contribution is 2.26. The summed E-state index contributed by atoms with van der Waals surface area (Å²) < 4.78 is 39.7. The van der Waals surface area contributed by atoms with Gasteiger partial charge >= 0.3 is 0 Å². The minimum absolute atomic E-state index is 0.0735. The van der Waals surface area contributed by atoms with Crippen LogP contribution < -0.4 is 24.8 Å². The molecular weight excluding hydrogens is 578 g/mol. The fourth-order valence-corrected chi connectivity index (χ4v) is 4.83. The van der Waals surface area contributed by atoms with Crippen LogP contribution in [-0.4, -0.2) is 32.7 Å². The molecule has 0 aliphatic carbocycles. The fourth-order valence-electron chi connectivity index (χ4n) is 3.07. The molecule has 0 saturated carbocycles. The summed E-state index contributed by atoms with van der Waals surface area (Å²) in [4.78, 5) is 12.7. The summed E-state index contributed by atoms with van der Waals surface area (Å²) in [5.41, 5.74) is 1.33. The number of hydrogen-bond acceptors (Lipinski definition) is 6. The summed E-state index contributed by atoms with van der Waals surface area (Å²) in [5, 5.41) is 5.57. The molecular formula is C26H28BrN3O5S2. The van der Waals surface area contributed by atoms with Crippen molar-refractivity contribution in [3.05, 3.63) is 76.8 Å². The average Bonchev–Trinajstić information content (AvgIpc) is 2.84. The monoisotopic (exact) mass is 605 g/mol. The molecule has 0 aliphatic heterocycles. The molecule has 0 heterocycles. The smallest absolute Gasteiger partial charge is 0.261 e. The Morgan fingerprint density at radius 2 is 1.62 bits per heavy atom. The van der Waals surface area contributed by atoms with Gasteiger partial charge in [0.15, 0.2) is 5.11 Å². The van der Waals surface area contributed by atoms with Crippen molar-refractivity contribution in [3.8, 4) is 11.5 Å². The van der Waals surface area contributed by atoms with E-state index in [1.165, 1.54) is 12.1 Å². The molecule has 0 fully saturated rings. The van der Waals surface area contributed by atoms with Gasteiger partial charge in [0.1, 0.15) is 11.5 Å². The summed E-state index contributed by atoms with van der Waals surface area (Å²) in [6.45, 7) is 7.07. The molecule has 1 amide bonds. The summed E-state index contributed by atoms with van der Waals surface area (Å²) in [5.74, 6) is 1.29. The number of amides is 1. The first-order chi connectivity index (χ1) is 17.6. The van der Waals surface area contributed by atoms with E-state index in [1.54, 1.807) is 54.6 Å². The van der Waals surface area contributed by atoms with E-state index in [1.807, 2.05) is 6.92 Å². The molecule has 3 N–H and O–H groups in total. The first-order valence-corrected chi connectivity index (χ1v) is 14.2. The second-order valence-corrected chi connectivity index (χ2v) is 11.3. The maximum Gasteiger partial charge on any atom is 0.261 e. The summed E-state index contributed by atoms with van der Waals surface area (Å²) >= 11 is 8.67. The number of benzene rings is 3. The van der Waals surface area contributed by atoms with Crippen molar-refractivity contribution in [3.63, 3.8) is 0 Å². The van der Waals surface area contributed by atoms with E-state index >= 15 is 0 Å². The normalized spacial score (nSPS) is 11.1. The molecule has 37 heavy (non-hydrogen) atoms. The van der Waals surface area contributed by atoms with Crippen molar-refractivity contribution in [1.82, 2.24) is 5.32 Å². The third kappa shape index (κ3) is 8.44. The number of carbonyl (C=O) groups is 1. The maximum atomic E-state index is 12.7. The molecule has 3 rings (SSSR count). The van der Waals surface area contributed by atoms with E-state index in [0.717, 1.165) is 0 Å². The Kier molecular flexibility index (Phi) is 9.90. The molecule has 0 spiro atoms. The van der Waals surface area contributed by atoms with Gasteiger partial charge in [-0.05, 0) is 108 Å². The fraction of sp³-hybridized carbons (Fsp3) is 0.231. The van der Waals surface area contributed by atoms with Gasteiger partial charge in [0, 0.05) is 16.9 Å². The Labute approximate surface area is 230 Å². The second-order valence-electron chi connectivity index (χ2n) is 8.35. The third-order valence-electron chi connectivity index (χ3n) is 4.83. The van der Waals surface area contributed by atoms with Crippen LogP contribution in [-0.2, 0) is 10.0 Å². The first kappa shape index (κ1) is 28.4. The van der Waals surface area contributed by atoms with Gasteiger partial charge in [-0.3, -0.25) is 14.8 Å². The summed E-state index contributed by atoms with van der Waals surface area (Å²) in [6.07, 6.45) is 0. The Morgan fingerprint density at radius 1 is 0.973 bits per heavy atom. The highest BCUT2D eigenvalue weighted by atomic mass is 79.9. The number of ether oxygens (including phenoxy) is 2. The number of halogens is 1. The molecule has 196 valence electrons. The number of thiocarbonyl (C=S) groups is 1. The van der Waals surface area contributed by atoms with Crippen molar-refractivity contribution in [2.75, 3.05) is 23.3 Å². The molecule has 3 aromatic rings. The Balaban J connectivity index is 1.57. The largest absolute Gasteiger partial charge is 0.494 e. The zero-order valence-electron chi connectivity index (χ0n) is 20.6. The topological polar surface area (TPSA) is 106 Å². The van der Waals surface area contributed by atoms with Gasteiger partial charge in [-0.1, -0.05) is 13.8 Å². The van der Waals surface area contributed by atoms with Gasteiger partial charge in [0.25, 0.3) is 15.9 Å². The molecule has 0 atom stereocenters. The van der Waals surface area contributed by atoms with Crippen LogP contribution in [0.2, 0.25) is 0 Å². The van der Waals surface area contributed by atoms with Crippen LogP contribution in [0.15, 0.2) is 76.1 Å². The zero-order valence-corrected chi connectivity index (χ0v) is 23.8. The van der Waals surface area contributed by atoms with E-state index in [-0.39, 0.29) is 10.0 Å². The lowest BCUT2D eigenvalue weighted by atomic mass is 10.2. The van der Waals surface area contributed by atoms with Crippen LogP contribution in [0.5, 0.6) is 11.5 Å². The molecule has 0 aromatic heterocycles. The number of nitrogens with one attached hydrogen (secondary N) is 3. The van der Waals surface area contributed by atoms with Crippen LogP contribution in [0.4, 0.5) is 11.4 Å². The average molecular weight is 607 g/mol. The van der Waals surface area contributed by atoms with Crippen LogP contribution in [0.3, 0.4) is 0 Å². The Morgan fingerprint density at radius 3 is 2.22 bits per heavy atom. The molecule has 0 unspecified atom stereocenters. The lowest BCUT2D eigenvalue weighted by molar-refractivity contribution is 0.0977. The van der Waals surface area contributed by atoms with E-state index in [0.29, 0.717) is 52.0 Å². The van der Waals surface area contributed by atoms with Crippen molar-refractivity contribution in [2.24, 2.45) is 5.92 Å².